The van der Waals surface area contributed by atoms with Gasteiger partial charge in [-0.3, -0.25) is 9.69 Å². The quantitative estimate of drug-likeness (QED) is 0.478. The SMILES string of the molecule is COC(=O)c1c(-c2ccc(OC)cc2)csc1NC(=O)CN1CCN(c2cccc(Cl)c2)CC1. The van der Waals surface area contributed by atoms with Gasteiger partial charge in [0.15, 0.2) is 0 Å². The number of amides is 1. The van der Waals surface area contributed by atoms with E-state index in [4.69, 9.17) is 21.1 Å². The number of methoxy groups -OCH3 is 2. The number of hydrogen-bond acceptors (Lipinski definition) is 7. The first-order valence-corrected chi connectivity index (χ1v) is 12.1. The van der Waals surface area contributed by atoms with Crippen molar-refractivity contribution in [1.29, 1.82) is 0 Å². The highest BCUT2D eigenvalue weighted by Gasteiger charge is 2.24. The van der Waals surface area contributed by atoms with Crippen LogP contribution in [-0.4, -0.2) is 63.7 Å². The molecule has 0 saturated carbocycles. The molecule has 1 aliphatic rings. The van der Waals surface area contributed by atoms with Gasteiger partial charge in [-0.2, -0.15) is 0 Å². The van der Waals surface area contributed by atoms with E-state index in [1.54, 1.807) is 7.11 Å². The Labute approximate surface area is 207 Å². The minimum atomic E-state index is -0.488. The summed E-state index contributed by atoms with van der Waals surface area (Å²) in [6.07, 6.45) is 0. The van der Waals surface area contributed by atoms with Crippen LogP contribution in [0.5, 0.6) is 5.75 Å². The molecule has 7 nitrogen and oxygen atoms in total. The van der Waals surface area contributed by atoms with Gasteiger partial charge in [0, 0.05) is 47.8 Å². The van der Waals surface area contributed by atoms with Crippen LogP contribution in [0.1, 0.15) is 10.4 Å². The summed E-state index contributed by atoms with van der Waals surface area (Å²) in [4.78, 5) is 29.7. The summed E-state index contributed by atoms with van der Waals surface area (Å²) < 4.78 is 10.2. The molecule has 0 spiro atoms. The van der Waals surface area contributed by atoms with Crippen LogP contribution in [0, 0.1) is 0 Å². The molecule has 4 rings (SSSR count). The first-order chi connectivity index (χ1) is 16.5. The molecule has 1 aromatic heterocycles. The molecule has 0 unspecified atom stereocenters. The van der Waals surface area contributed by atoms with Crippen molar-refractivity contribution in [2.75, 3.05) is 57.2 Å². The van der Waals surface area contributed by atoms with Crippen LogP contribution in [0.25, 0.3) is 11.1 Å². The number of benzene rings is 2. The molecule has 1 N–H and O–H groups in total. The van der Waals surface area contributed by atoms with E-state index in [-0.39, 0.29) is 12.5 Å². The lowest BCUT2D eigenvalue weighted by Gasteiger charge is -2.35. The van der Waals surface area contributed by atoms with E-state index < -0.39 is 5.97 Å². The second kappa shape index (κ2) is 10.9. The maximum absolute atomic E-state index is 12.8. The Kier molecular flexibility index (Phi) is 7.72. The maximum Gasteiger partial charge on any atom is 0.341 e. The van der Waals surface area contributed by atoms with Gasteiger partial charge in [0.2, 0.25) is 5.91 Å². The third kappa shape index (κ3) is 5.52. The van der Waals surface area contributed by atoms with Crippen molar-refractivity contribution in [2.45, 2.75) is 0 Å². The highest BCUT2D eigenvalue weighted by atomic mass is 35.5. The fraction of sp³-hybridized carbons (Fsp3) is 0.280. The molecule has 0 atom stereocenters. The molecule has 1 aliphatic heterocycles. The Morgan fingerprint density at radius 3 is 2.44 bits per heavy atom. The van der Waals surface area contributed by atoms with Gasteiger partial charge < -0.3 is 19.7 Å². The smallest absolute Gasteiger partial charge is 0.341 e. The number of nitrogens with zero attached hydrogens (tertiary/aromatic N) is 2. The van der Waals surface area contributed by atoms with Crippen molar-refractivity contribution < 1.29 is 19.1 Å². The number of hydrogen-bond donors (Lipinski definition) is 1. The molecular weight excluding hydrogens is 474 g/mol. The molecule has 34 heavy (non-hydrogen) atoms. The molecule has 1 amide bonds. The Morgan fingerprint density at radius 2 is 1.79 bits per heavy atom. The van der Waals surface area contributed by atoms with Gasteiger partial charge in [-0.1, -0.05) is 29.8 Å². The number of piperazine rings is 1. The van der Waals surface area contributed by atoms with Crippen LogP contribution in [0.15, 0.2) is 53.9 Å². The van der Waals surface area contributed by atoms with E-state index in [1.807, 2.05) is 53.9 Å². The highest BCUT2D eigenvalue weighted by Crippen LogP contribution is 2.36. The van der Waals surface area contributed by atoms with Gasteiger partial charge in [-0.25, -0.2) is 4.79 Å². The normalized spacial score (nSPS) is 14.0. The Bertz CT molecular complexity index is 1160. The minimum absolute atomic E-state index is 0.163. The largest absolute Gasteiger partial charge is 0.497 e. The lowest BCUT2D eigenvalue weighted by atomic mass is 10.0. The second-order valence-corrected chi connectivity index (χ2v) is 9.18. The highest BCUT2D eigenvalue weighted by molar-refractivity contribution is 7.15. The summed E-state index contributed by atoms with van der Waals surface area (Å²) in [5, 5.41) is 5.97. The predicted octanol–water partition coefficient (Wildman–Crippen LogP) is 4.62. The third-order valence-corrected chi connectivity index (χ3v) is 6.88. The first-order valence-electron chi connectivity index (χ1n) is 10.9. The zero-order valence-electron chi connectivity index (χ0n) is 19.0. The number of rotatable bonds is 7. The van der Waals surface area contributed by atoms with E-state index in [2.05, 4.69) is 15.1 Å². The van der Waals surface area contributed by atoms with E-state index >= 15 is 0 Å². The van der Waals surface area contributed by atoms with Gasteiger partial charge in [0.05, 0.1) is 20.8 Å². The molecule has 0 bridgehead atoms. The number of esters is 1. The van der Waals surface area contributed by atoms with Gasteiger partial charge in [-0.05, 0) is 35.9 Å². The summed E-state index contributed by atoms with van der Waals surface area (Å²) in [5.41, 5.74) is 3.00. The van der Waals surface area contributed by atoms with Crippen molar-refractivity contribution in [2.24, 2.45) is 0 Å². The molecule has 2 heterocycles. The second-order valence-electron chi connectivity index (χ2n) is 7.86. The van der Waals surface area contributed by atoms with Crippen molar-refractivity contribution in [1.82, 2.24) is 4.90 Å². The van der Waals surface area contributed by atoms with Crippen LogP contribution in [0.3, 0.4) is 0 Å². The zero-order valence-corrected chi connectivity index (χ0v) is 20.6. The van der Waals surface area contributed by atoms with Crippen molar-refractivity contribution in [3.05, 3.63) is 64.5 Å². The summed E-state index contributed by atoms with van der Waals surface area (Å²) in [6.45, 7) is 3.37. The van der Waals surface area contributed by atoms with Gasteiger partial charge in [0.1, 0.15) is 16.3 Å². The lowest BCUT2D eigenvalue weighted by molar-refractivity contribution is -0.117. The Balaban J connectivity index is 1.41. The molecule has 178 valence electrons. The van der Waals surface area contributed by atoms with Crippen LogP contribution in [0.2, 0.25) is 5.02 Å². The van der Waals surface area contributed by atoms with Crippen LogP contribution < -0.4 is 15.0 Å². The molecule has 1 fully saturated rings. The van der Waals surface area contributed by atoms with Crippen molar-refractivity contribution in [3.63, 3.8) is 0 Å². The number of halogens is 1. The van der Waals surface area contributed by atoms with Gasteiger partial charge in [-0.15, -0.1) is 11.3 Å². The van der Waals surface area contributed by atoms with E-state index in [0.717, 1.165) is 43.2 Å². The topological polar surface area (TPSA) is 71.1 Å². The average molecular weight is 500 g/mol. The predicted molar refractivity (Wildman–Crippen MR) is 136 cm³/mol. The number of carbonyl (C=O) groups excluding carboxylic acids is 2. The fourth-order valence-electron chi connectivity index (χ4n) is 3.94. The third-order valence-electron chi connectivity index (χ3n) is 5.75. The summed E-state index contributed by atoms with van der Waals surface area (Å²) >= 11 is 7.42. The van der Waals surface area contributed by atoms with E-state index in [0.29, 0.717) is 21.2 Å². The summed E-state index contributed by atoms with van der Waals surface area (Å²) in [6, 6.07) is 15.2. The standard InChI is InChI=1S/C25H26ClN3O4S/c1-32-20-8-6-17(7-9-20)21-16-34-24(23(21)25(31)33-2)27-22(30)15-28-10-12-29(13-11-28)19-5-3-4-18(26)14-19/h3-9,14,16H,10-13,15H2,1-2H3,(H,27,30). The zero-order chi connectivity index (χ0) is 24.1. The van der Waals surface area contributed by atoms with Gasteiger partial charge >= 0.3 is 5.97 Å². The lowest BCUT2D eigenvalue weighted by Crippen LogP contribution is -2.48. The molecule has 0 radical (unpaired) electrons. The number of anilines is 2. The van der Waals surface area contributed by atoms with Crippen LogP contribution in [-0.2, 0) is 9.53 Å². The molecular formula is C25H26ClN3O4S. The summed E-state index contributed by atoms with van der Waals surface area (Å²) in [7, 11) is 2.94. The Morgan fingerprint density at radius 1 is 1.06 bits per heavy atom. The average Bonchev–Trinajstić information content (AvgIpc) is 3.27. The van der Waals surface area contributed by atoms with Crippen molar-refractivity contribution in [3.8, 4) is 16.9 Å². The minimum Gasteiger partial charge on any atom is -0.497 e. The van der Waals surface area contributed by atoms with Crippen LogP contribution >= 0.6 is 22.9 Å². The molecule has 0 aliphatic carbocycles. The van der Waals surface area contributed by atoms with Crippen LogP contribution in [0.4, 0.5) is 10.7 Å². The number of thiophene rings is 1. The Hall–Kier alpha value is -3.07. The molecule has 9 heteroatoms. The summed E-state index contributed by atoms with van der Waals surface area (Å²) in [5.74, 6) is 0.0737. The fourth-order valence-corrected chi connectivity index (χ4v) is 5.10. The van der Waals surface area contributed by atoms with Crippen molar-refractivity contribution >= 4 is 45.5 Å². The van der Waals surface area contributed by atoms with E-state index in [1.165, 1.54) is 18.4 Å². The molecule has 3 aromatic rings. The van der Waals surface area contributed by atoms with E-state index in [9.17, 15) is 9.59 Å². The van der Waals surface area contributed by atoms with Gasteiger partial charge in [0.25, 0.3) is 0 Å². The number of nitrogens with one attached hydrogen (secondary N) is 1. The number of carbonyl (C=O) groups is 2. The molecule has 1 saturated heterocycles. The first kappa shape index (κ1) is 24.1. The monoisotopic (exact) mass is 499 g/mol. The molecule has 2 aromatic carbocycles. The number of ether oxygens (including phenoxy) is 2. The maximum atomic E-state index is 12.8.